The first kappa shape index (κ1) is 26.2. The maximum Gasteiger partial charge on any atom is 0.338 e. The number of benzene rings is 3. The first-order chi connectivity index (χ1) is 16.5. The van der Waals surface area contributed by atoms with E-state index < -0.39 is 28.4 Å². The van der Waals surface area contributed by atoms with E-state index in [9.17, 15) is 18.0 Å². The minimum Gasteiger partial charge on any atom is -0.462 e. The molecule has 3 aromatic carbocycles. The summed E-state index contributed by atoms with van der Waals surface area (Å²) in [4.78, 5) is 25.1. The molecule has 0 fully saturated rings. The number of halogens is 1. The van der Waals surface area contributed by atoms with E-state index >= 15 is 0 Å². The molecular formula is C26H27ClN2O5S. The first-order valence-corrected chi connectivity index (χ1v) is 12.8. The number of carbonyl (C=O) groups excluding carboxylic acids is 2. The Morgan fingerprint density at radius 1 is 1.00 bits per heavy atom. The van der Waals surface area contributed by atoms with Gasteiger partial charge < -0.3 is 10.1 Å². The average Bonchev–Trinajstić information content (AvgIpc) is 2.81. The number of nitrogens with zero attached hydrogens (tertiary/aromatic N) is 1. The molecule has 1 amide bonds. The molecule has 0 radical (unpaired) electrons. The van der Waals surface area contributed by atoms with E-state index in [4.69, 9.17) is 16.3 Å². The van der Waals surface area contributed by atoms with Gasteiger partial charge in [0.2, 0.25) is 5.91 Å². The van der Waals surface area contributed by atoms with Crippen LogP contribution < -0.4 is 9.62 Å². The van der Waals surface area contributed by atoms with Crippen molar-refractivity contribution >= 4 is 44.9 Å². The number of amides is 1. The molecule has 0 aliphatic rings. The van der Waals surface area contributed by atoms with Crippen molar-refractivity contribution in [2.45, 2.75) is 32.6 Å². The predicted molar refractivity (Wildman–Crippen MR) is 138 cm³/mol. The number of anilines is 2. The van der Waals surface area contributed by atoms with Crippen LogP contribution in [0.2, 0.25) is 5.02 Å². The fourth-order valence-electron chi connectivity index (χ4n) is 3.47. The highest BCUT2D eigenvalue weighted by Crippen LogP contribution is 2.31. The van der Waals surface area contributed by atoms with Crippen LogP contribution in [0, 0.1) is 20.8 Å². The fraction of sp³-hybridized carbons (Fsp3) is 0.231. The number of aryl methyl sites for hydroxylation is 2. The molecule has 0 unspecified atom stereocenters. The molecule has 0 saturated carbocycles. The monoisotopic (exact) mass is 514 g/mol. The molecule has 0 aliphatic carbocycles. The van der Waals surface area contributed by atoms with Gasteiger partial charge in [-0.05, 0) is 81.3 Å². The van der Waals surface area contributed by atoms with Crippen LogP contribution in [0.1, 0.15) is 34.0 Å². The summed E-state index contributed by atoms with van der Waals surface area (Å²) in [5.74, 6) is -1.01. The molecule has 0 aliphatic heterocycles. The summed E-state index contributed by atoms with van der Waals surface area (Å²) in [5, 5.41) is 3.13. The molecule has 0 atom stereocenters. The summed E-state index contributed by atoms with van der Waals surface area (Å²) in [6.07, 6.45) is 0. The van der Waals surface area contributed by atoms with Crippen molar-refractivity contribution < 1.29 is 22.7 Å². The lowest BCUT2D eigenvalue weighted by Crippen LogP contribution is -2.38. The number of carbonyl (C=O) groups is 2. The normalized spacial score (nSPS) is 11.1. The van der Waals surface area contributed by atoms with Gasteiger partial charge >= 0.3 is 5.97 Å². The third-order valence-corrected chi connectivity index (χ3v) is 7.60. The summed E-state index contributed by atoms with van der Waals surface area (Å²) in [6, 6.07) is 16.1. The molecular weight excluding hydrogens is 488 g/mol. The van der Waals surface area contributed by atoms with Gasteiger partial charge in [0.25, 0.3) is 10.0 Å². The van der Waals surface area contributed by atoms with Crippen LogP contribution in [-0.4, -0.2) is 33.4 Å². The molecule has 0 heterocycles. The number of nitrogens with one attached hydrogen (secondary N) is 1. The zero-order valence-electron chi connectivity index (χ0n) is 20.0. The van der Waals surface area contributed by atoms with Crippen molar-refractivity contribution in [1.29, 1.82) is 0 Å². The number of sulfonamides is 1. The zero-order chi connectivity index (χ0) is 25.8. The van der Waals surface area contributed by atoms with Gasteiger partial charge in [-0.25, -0.2) is 13.2 Å². The van der Waals surface area contributed by atoms with Gasteiger partial charge in [-0.2, -0.15) is 0 Å². The Morgan fingerprint density at radius 3 is 2.31 bits per heavy atom. The van der Waals surface area contributed by atoms with Crippen molar-refractivity contribution in [2.24, 2.45) is 0 Å². The molecule has 3 rings (SSSR count). The van der Waals surface area contributed by atoms with E-state index in [1.807, 2.05) is 6.92 Å². The third kappa shape index (κ3) is 6.01. The fourth-order valence-corrected chi connectivity index (χ4v) is 5.12. The van der Waals surface area contributed by atoms with Gasteiger partial charge in [-0.15, -0.1) is 0 Å². The second kappa shape index (κ2) is 10.9. The van der Waals surface area contributed by atoms with E-state index in [1.165, 1.54) is 12.1 Å². The number of esters is 1. The minimum absolute atomic E-state index is 0.0604. The Kier molecular flexibility index (Phi) is 8.19. The second-order valence-corrected chi connectivity index (χ2v) is 10.3. The van der Waals surface area contributed by atoms with E-state index in [-0.39, 0.29) is 11.5 Å². The number of ether oxygens (including phenoxy) is 1. The smallest absolute Gasteiger partial charge is 0.338 e. The average molecular weight is 515 g/mol. The summed E-state index contributed by atoms with van der Waals surface area (Å²) >= 11 is 6.26. The van der Waals surface area contributed by atoms with Crippen LogP contribution in [0.4, 0.5) is 11.4 Å². The quantitative estimate of drug-likeness (QED) is 0.413. The van der Waals surface area contributed by atoms with Gasteiger partial charge in [0.05, 0.1) is 22.8 Å². The molecule has 0 saturated heterocycles. The van der Waals surface area contributed by atoms with Crippen molar-refractivity contribution in [3.8, 4) is 0 Å². The Balaban J connectivity index is 1.94. The largest absolute Gasteiger partial charge is 0.462 e. The number of hydrogen-bond donors (Lipinski definition) is 1. The maximum absolute atomic E-state index is 13.6. The molecule has 0 spiro atoms. The van der Waals surface area contributed by atoms with Crippen LogP contribution in [0.25, 0.3) is 0 Å². The summed E-state index contributed by atoms with van der Waals surface area (Å²) in [7, 11) is -4.08. The first-order valence-electron chi connectivity index (χ1n) is 11.0. The van der Waals surface area contributed by atoms with Crippen LogP contribution in [0.5, 0.6) is 0 Å². The molecule has 3 aromatic rings. The number of hydrogen-bond acceptors (Lipinski definition) is 5. The topological polar surface area (TPSA) is 92.8 Å². The van der Waals surface area contributed by atoms with Crippen molar-refractivity contribution in [3.05, 3.63) is 87.9 Å². The molecule has 9 heteroatoms. The molecule has 0 bridgehead atoms. The third-order valence-electron chi connectivity index (χ3n) is 5.42. The highest BCUT2D eigenvalue weighted by molar-refractivity contribution is 7.92. The summed E-state index contributed by atoms with van der Waals surface area (Å²) in [6.45, 7) is 6.79. The molecule has 0 aromatic heterocycles. The zero-order valence-corrected chi connectivity index (χ0v) is 21.5. The summed E-state index contributed by atoms with van der Waals surface area (Å²) < 4.78 is 33.2. The highest BCUT2D eigenvalue weighted by Gasteiger charge is 2.29. The number of rotatable bonds is 8. The van der Waals surface area contributed by atoms with Crippen LogP contribution in [0.3, 0.4) is 0 Å². The lowest BCUT2D eigenvalue weighted by Gasteiger charge is -2.26. The highest BCUT2D eigenvalue weighted by atomic mass is 35.5. The minimum atomic E-state index is -4.08. The molecule has 1 N–H and O–H groups in total. The van der Waals surface area contributed by atoms with Crippen molar-refractivity contribution in [2.75, 3.05) is 22.8 Å². The Morgan fingerprint density at radius 2 is 1.69 bits per heavy atom. The lowest BCUT2D eigenvalue weighted by atomic mass is 10.1. The SMILES string of the molecule is CCOC(=O)c1ccc(NC(=O)CN(c2cccc(Cl)c2C)S(=O)(=O)c2ccc(C)cc2)c(C)c1. The van der Waals surface area contributed by atoms with Gasteiger partial charge in [-0.3, -0.25) is 9.10 Å². The Hall–Kier alpha value is -3.36. The Labute approximate surface area is 210 Å². The van der Waals surface area contributed by atoms with E-state index in [1.54, 1.807) is 69.3 Å². The summed E-state index contributed by atoms with van der Waals surface area (Å²) in [5.41, 5.74) is 3.21. The lowest BCUT2D eigenvalue weighted by molar-refractivity contribution is -0.114. The van der Waals surface area contributed by atoms with Crippen molar-refractivity contribution in [1.82, 2.24) is 0 Å². The molecule has 184 valence electrons. The van der Waals surface area contributed by atoms with Crippen LogP contribution >= 0.6 is 11.6 Å². The van der Waals surface area contributed by atoms with Gasteiger partial charge in [0, 0.05) is 10.7 Å². The van der Waals surface area contributed by atoms with Gasteiger partial charge in [0.1, 0.15) is 6.54 Å². The Bertz CT molecular complexity index is 1350. The standard InChI is InChI=1S/C26H27ClN2O5S/c1-5-34-26(31)20-11-14-23(18(3)15-20)28-25(30)16-29(24-8-6-7-22(27)19(24)4)35(32,33)21-12-9-17(2)10-13-21/h6-15H,5,16H2,1-4H3,(H,28,30). The van der Waals surface area contributed by atoms with Crippen LogP contribution in [-0.2, 0) is 19.6 Å². The second-order valence-electron chi connectivity index (χ2n) is 8.01. The van der Waals surface area contributed by atoms with Gasteiger partial charge in [0.15, 0.2) is 0 Å². The molecule has 7 nitrogen and oxygen atoms in total. The van der Waals surface area contributed by atoms with E-state index in [0.29, 0.717) is 33.1 Å². The predicted octanol–water partition coefficient (Wildman–Crippen LogP) is 5.28. The maximum atomic E-state index is 13.6. The van der Waals surface area contributed by atoms with E-state index in [2.05, 4.69) is 5.32 Å². The van der Waals surface area contributed by atoms with Gasteiger partial charge in [-0.1, -0.05) is 35.4 Å². The van der Waals surface area contributed by atoms with E-state index in [0.717, 1.165) is 9.87 Å². The van der Waals surface area contributed by atoms with Crippen LogP contribution in [0.15, 0.2) is 65.6 Å². The molecule has 35 heavy (non-hydrogen) atoms. The van der Waals surface area contributed by atoms with Crippen molar-refractivity contribution in [3.63, 3.8) is 0 Å².